The number of hydrogen-bond donors (Lipinski definition) is 1. The van der Waals surface area contributed by atoms with Gasteiger partial charge >= 0.3 is 6.03 Å². The van der Waals surface area contributed by atoms with E-state index in [2.05, 4.69) is 10.5 Å². The van der Waals surface area contributed by atoms with Crippen LogP contribution in [-0.4, -0.2) is 35.8 Å². The van der Waals surface area contributed by atoms with Crippen LogP contribution in [-0.2, 0) is 11.3 Å². The quantitative estimate of drug-likeness (QED) is 0.747. The number of nitrogens with zero attached hydrogens (tertiary/aromatic N) is 2. The first-order valence-corrected chi connectivity index (χ1v) is 9.10. The summed E-state index contributed by atoms with van der Waals surface area (Å²) < 4.78 is 25.0. The SMILES string of the molecule is O=C(NCc1cc(-c2ccccc2)no1)N1CCOC(c2ccccc2F)C1. The second-order valence-corrected chi connectivity index (χ2v) is 6.53. The van der Waals surface area contributed by atoms with E-state index in [-0.39, 0.29) is 18.4 Å². The van der Waals surface area contributed by atoms with Crippen LogP contribution in [0.2, 0.25) is 0 Å². The van der Waals surface area contributed by atoms with Gasteiger partial charge in [-0.3, -0.25) is 0 Å². The van der Waals surface area contributed by atoms with Crippen LogP contribution in [0.5, 0.6) is 0 Å². The van der Waals surface area contributed by atoms with Gasteiger partial charge in [0, 0.05) is 23.7 Å². The van der Waals surface area contributed by atoms with Crippen molar-refractivity contribution in [3.05, 3.63) is 77.8 Å². The number of carbonyl (C=O) groups is 1. The summed E-state index contributed by atoms with van der Waals surface area (Å²) in [4.78, 5) is 14.1. The lowest BCUT2D eigenvalue weighted by Gasteiger charge is -2.33. The van der Waals surface area contributed by atoms with Gasteiger partial charge < -0.3 is 19.5 Å². The molecular formula is C21H20FN3O3. The van der Waals surface area contributed by atoms with Gasteiger partial charge in [0.1, 0.15) is 17.6 Å². The molecule has 1 fully saturated rings. The molecule has 1 saturated heterocycles. The highest BCUT2D eigenvalue weighted by Gasteiger charge is 2.27. The van der Waals surface area contributed by atoms with Crippen molar-refractivity contribution in [3.63, 3.8) is 0 Å². The molecule has 7 heteroatoms. The van der Waals surface area contributed by atoms with Crippen LogP contribution < -0.4 is 5.32 Å². The molecule has 28 heavy (non-hydrogen) atoms. The van der Waals surface area contributed by atoms with Crippen LogP contribution in [0.3, 0.4) is 0 Å². The standard InChI is InChI=1S/C21H20FN3O3/c22-18-9-5-4-8-17(18)20-14-25(10-11-27-20)21(26)23-13-16-12-19(24-28-16)15-6-2-1-3-7-15/h1-9,12,20H,10-11,13-14H2,(H,23,26). The molecule has 1 aliphatic rings. The maximum Gasteiger partial charge on any atom is 0.317 e. The highest BCUT2D eigenvalue weighted by Crippen LogP contribution is 2.24. The number of urea groups is 1. The van der Waals surface area contributed by atoms with Gasteiger partial charge in [0.2, 0.25) is 0 Å². The molecule has 1 unspecified atom stereocenters. The first kappa shape index (κ1) is 18.2. The lowest BCUT2D eigenvalue weighted by Crippen LogP contribution is -2.47. The first-order chi connectivity index (χ1) is 13.7. The summed E-state index contributed by atoms with van der Waals surface area (Å²) in [6, 6.07) is 17.7. The number of ether oxygens (including phenoxy) is 1. The molecule has 6 nitrogen and oxygen atoms in total. The number of morpholine rings is 1. The first-order valence-electron chi connectivity index (χ1n) is 9.10. The summed E-state index contributed by atoms with van der Waals surface area (Å²) in [7, 11) is 0. The molecule has 1 atom stereocenters. The Balaban J connectivity index is 1.35. The monoisotopic (exact) mass is 381 g/mol. The van der Waals surface area contributed by atoms with E-state index in [1.807, 2.05) is 30.3 Å². The van der Waals surface area contributed by atoms with Crippen LogP contribution in [0.25, 0.3) is 11.3 Å². The number of rotatable bonds is 4. The summed E-state index contributed by atoms with van der Waals surface area (Å²) in [5.74, 6) is 0.232. The Kier molecular flexibility index (Phi) is 5.34. The van der Waals surface area contributed by atoms with Crippen molar-refractivity contribution in [1.29, 1.82) is 0 Å². The van der Waals surface area contributed by atoms with E-state index >= 15 is 0 Å². The molecule has 0 radical (unpaired) electrons. The fourth-order valence-corrected chi connectivity index (χ4v) is 3.17. The fourth-order valence-electron chi connectivity index (χ4n) is 3.17. The van der Waals surface area contributed by atoms with E-state index in [9.17, 15) is 9.18 Å². The highest BCUT2D eigenvalue weighted by molar-refractivity contribution is 5.74. The maximum atomic E-state index is 14.0. The summed E-state index contributed by atoms with van der Waals surface area (Å²) in [6.45, 7) is 1.31. The van der Waals surface area contributed by atoms with Gasteiger partial charge in [0.05, 0.1) is 19.7 Å². The Labute approximate surface area is 161 Å². The summed E-state index contributed by atoms with van der Waals surface area (Å²) >= 11 is 0. The maximum absolute atomic E-state index is 14.0. The van der Waals surface area contributed by atoms with Crippen LogP contribution in [0.15, 0.2) is 65.2 Å². The van der Waals surface area contributed by atoms with Gasteiger partial charge in [-0.15, -0.1) is 0 Å². The zero-order valence-electron chi connectivity index (χ0n) is 15.2. The zero-order chi connectivity index (χ0) is 19.3. The highest BCUT2D eigenvalue weighted by atomic mass is 19.1. The molecule has 1 N–H and O–H groups in total. The predicted molar refractivity (Wildman–Crippen MR) is 101 cm³/mol. The summed E-state index contributed by atoms with van der Waals surface area (Å²) in [5, 5.41) is 6.86. The number of aromatic nitrogens is 1. The molecule has 2 heterocycles. The molecule has 3 aromatic rings. The molecule has 0 aliphatic carbocycles. The average Bonchev–Trinajstić information content (AvgIpc) is 3.22. The summed E-state index contributed by atoms with van der Waals surface area (Å²) in [6.07, 6.45) is -0.476. The Bertz CT molecular complexity index is 945. The average molecular weight is 381 g/mol. The molecule has 2 aromatic carbocycles. The third-order valence-corrected chi connectivity index (χ3v) is 4.65. The molecule has 1 aliphatic heterocycles. The third-order valence-electron chi connectivity index (χ3n) is 4.65. The smallest absolute Gasteiger partial charge is 0.317 e. The van der Waals surface area contributed by atoms with E-state index in [0.29, 0.717) is 31.0 Å². The fraction of sp³-hybridized carbons (Fsp3) is 0.238. The molecule has 1 aromatic heterocycles. The second-order valence-electron chi connectivity index (χ2n) is 6.53. The van der Waals surface area contributed by atoms with E-state index < -0.39 is 6.10 Å². The van der Waals surface area contributed by atoms with Crippen LogP contribution in [0.1, 0.15) is 17.4 Å². The topological polar surface area (TPSA) is 67.6 Å². The van der Waals surface area contributed by atoms with Gasteiger partial charge in [0.15, 0.2) is 5.76 Å². The van der Waals surface area contributed by atoms with Gasteiger partial charge in [0.25, 0.3) is 0 Å². The van der Waals surface area contributed by atoms with Crippen molar-refractivity contribution in [2.45, 2.75) is 12.6 Å². The molecule has 2 amide bonds. The molecule has 0 spiro atoms. The Hall–Kier alpha value is -3.19. The Morgan fingerprint density at radius 2 is 1.96 bits per heavy atom. The number of amides is 2. The van der Waals surface area contributed by atoms with Gasteiger partial charge in [-0.25, -0.2) is 9.18 Å². The normalized spacial score (nSPS) is 16.8. The van der Waals surface area contributed by atoms with Gasteiger partial charge in [-0.05, 0) is 6.07 Å². The largest absolute Gasteiger partial charge is 0.370 e. The molecule has 4 rings (SSSR count). The van der Waals surface area contributed by atoms with Crippen LogP contribution in [0, 0.1) is 5.82 Å². The Morgan fingerprint density at radius 1 is 1.18 bits per heavy atom. The number of benzene rings is 2. The number of hydrogen-bond acceptors (Lipinski definition) is 4. The summed E-state index contributed by atoms with van der Waals surface area (Å²) in [5.41, 5.74) is 2.13. The van der Waals surface area contributed by atoms with Crippen molar-refractivity contribution in [1.82, 2.24) is 15.4 Å². The molecule has 0 bridgehead atoms. The van der Waals surface area contributed by atoms with Crippen molar-refractivity contribution >= 4 is 6.03 Å². The van der Waals surface area contributed by atoms with Crippen molar-refractivity contribution in [3.8, 4) is 11.3 Å². The minimum Gasteiger partial charge on any atom is -0.370 e. The molecular weight excluding hydrogens is 361 g/mol. The van der Waals surface area contributed by atoms with Crippen molar-refractivity contribution in [2.24, 2.45) is 0 Å². The molecule has 0 saturated carbocycles. The van der Waals surface area contributed by atoms with Crippen LogP contribution >= 0.6 is 0 Å². The van der Waals surface area contributed by atoms with Gasteiger partial charge in [-0.2, -0.15) is 0 Å². The number of halogens is 1. The minimum absolute atomic E-state index is 0.223. The Morgan fingerprint density at radius 3 is 2.79 bits per heavy atom. The lowest BCUT2D eigenvalue weighted by molar-refractivity contribution is -0.0172. The van der Waals surface area contributed by atoms with Gasteiger partial charge in [-0.1, -0.05) is 53.7 Å². The van der Waals surface area contributed by atoms with Crippen molar-refractivity contribution < 1.29 is 18.4 Å². The third kappa shape index (κ3) is 4.04. The number of carbonyl (C=O) groups excluding carboxylic acids is 1. The van der Waals surface area contributed by atoms with E-state index in [1.165, 1.54) is 6.07 Å². The van der Waals surface area contributed by atoms with Crippen molar-refractivity contribution in [2.75, 3.05) is 19.7 Å². The lowest BCUT2D eigenvalue weighted by atomic mass is 10.1. The van der Waals surface area contributed by atoms with E-state index in [4.69, 9.17) is 9.26 Å². The van der Waals surface area contributed by atoms with E-state index in [0.717, 1.165) is 11.3 Å². The predicted octanol–water partition coefficient (Wildman–Crippen LogP) is 3.76. The van der Waals surface area contributed by atoms with E-state index in [1.54, 1.807) is 29.2 Å². The second kappa shape index (κ2) is 8.22. The molecule has 144 valence electrons. The van der Waals surface area contributed by atoms with Crippen LogP contribution in [0.4, 0.5) is 9.18 Å². The zero-order valence-corrected chi connectivity index (χ0v) is 15.2. The minimum atomic E-state index is -0.476. The number of nitrogens with one attached hydrogen (secondary N) is 1.